The van der Waals surface area contributed by atoms with E-state index in [2.05, 4.69) is 15.5 Å². The Morgan fingerprint density at radius 1 is 1.47 bits per heavy atom. The highest BCUT2D eigenvalue weighted by atomic mass is 32.1. The molecular formula is C12H18N6S. The van der Waals surface area contributed by atoms with Gasteiger partial charge >= 0.3 is 0 Å². The molecular weight excluding hydrogens is 260 g/mol. The number of nitrogens with zero attached hydrogens (tertiary/aromatic N) is 4. The molecule has 0 aliphatic heterocycles. The highest BCUT2D eigenvalue weighted by molar-refractivity contribution is 7.80. The lowest BCUT2D eigenvalue weighted by Crippen LogP contribution is -2.17. The van der Waals surface area contributed by atoms with Crippen LogP contribution in [0.5, 0.6) is 0 Å². The molecule has 2 aromatic rings. The fraction of sp³-hybridized carbons (Fsp3) is 0.417. The predicted octanol–water partition coefficient (Wildman–Crippen LogP) is 0.980. The maximum Gasteiger partial charge on any atom is 0.134 e. The van der Waals surface area contributed by atoms with Crippen molar-refractivity contribution in [3.63, 3.8) is 0 Å². The predicted molar refractivity (Wildman–Crippen MR) is 79.3 cm³/mol. The van der Waals surface area contributed by atoms with Gasteiger partial charge in [0.15, 0.2) is 0 Å². The van der Waals surface area contributed by atoms with E-state index >= 15 is 0 Å². The third-order valence-corrected chi connectivity index (χ3v) is 3.07. The molecule has 0 saturated heterocycles. The van der Waals surface area contributed by atoms with Crippen molar-refractivity contribution < 1.29 is 0 Å². The van der Waals surface area contributed by atoms with Crippen LogP contribution in [-0.2, 0) is 13.6 Å². The topological polar surface area (TPSA) is 73.7 Å². The lowest BCUT2D eigenvalue weighted by atomic mass is 10.2. The maximum absolute atomic E-state index is 5.74. The molecule has 0 unspecified atom stereocenters. The zero-order valence-electron chi connectivity index (χ0n) is 11.3. The number of rotatable bonds is 5. The van der Waals surface area contributed by atoms with Gasteiger partial charge < -0.3 is 11.1 Å². The number of hydrogen-bond donors (Lipinski definition) is 2. The quantitative estimate of drug-likeness (QED) is 0.798. The van der Waals surface area contributed by atoms with Crippen LogP contribution in [0.2, 0.25) is 0 Å². The third kappa shape index (κ3) is 2.93. The van der Waals surface area contributed by atoms with Crippen LogP contribution in [0.3, 0.4) is 0 Å². The molecule has 3 N–H and O–H groups in total. The average Bonchev–Trinajstić information content (AvgIpc) is 2.84. The van der Waals surface area contributed by atoms with Gasteiger partial charge in [-0.2, -0.15) is 10.2 Å². The molecule has 7 heteroatoms. The van der Waals surface area contributed by atoms with Gasteiger partial charge in [0.2, 0.25) is 0 Å². The molecule has 0 saturated carbocycles. The van der Waals surface area contributed by atoms with Gasteiger partial charge in [0.05, 0.1) is 24.0 Å². The monoisotopic (exact) mass is 278 g/mol. The van der Waals surface area contributed by atoms with E-state index in [1.165, 1.54) is 0 Å². The second-order valence-electron chi connectivity index (χ2n) is 4.50. The molecule has 2 aromatic heterocycles. The van der Waals surface area contributed by atoms with Gasteiger partial charge in [-0.25, -0.2) is 0 Å². The lowest BCUT2D eigenvalue weighted by Gasteiger charge is -2.09. The summed E-state index contributed by atoms with van der Waals surface area (Å²) >= 11 is 5.06. The van der Waals surface area contributed by atoms with Crippen molar-refractivity contribution in [2.45, 2.75) is 20.4 Å². The summed E-state index contributed by atoms with van der Waals surface area (Å²) in [5, 5.41) is 11.9. The Balaban J connectivity index is 2.05. The van der Waals surface area contributed by atoms with Crippen molar-refractivity contribution in [1.82, 2.24) is 19.6 Å². The molecule has 0 aliphatic carbocycles. The Hall–Kier alpha value is -1.89. The molecule has 6 nitrogen and oxygen atoms in total. The largest absolute Gasteiger partial charge is 0.389 e. The molecule has 2 rings (SSSR count). The summed E-state index contributed by atoms with van der Waals surface area (Å²) in [6.07, 6.45) is 3.85. The number of hydrogen-bond acceptors (Lipinski definition) is 4. The zero-order chi connectivity index (χ0) is 14.0. The SMILES string of the molecule is Cc1cnn(CCNc2c(C(N)=S)c(C)nn2C)c1. The van der Waals surface area contributed by atoms with Crippen LogP contribution in [0.4, 0.5) is 5.82 Å². The molecule has 0 fully saturated rings. The maximum atomic E-state index is 5.74. The number of nitrogens with one attached hydrogen (secondary N) is 1. The molecule has 0 amide bonds. The molecule has 19 heavy (non-hydrogen) atoms. The second kappa shape index (κ2) is 5.40. The Morgan fingerprint density at radius 3 is 2.79 bits per heavy atom. The van der Waals surface area contributed by atoms with Crippen molar-refractivity contribution in [2.24, 2.45) is 12.8 Å². The summed E-state index contributed by atoms with van der Waals surface area (Å²) in [5.74, 6) is 0.855. The number of anilines is 1. The van der Waals surface area contributed by atoms with Gasteiger partial charge in [-0.3, -0.25) is 9.36 Å². The van der Waals surface area contributed by atoms with E-state index in [0.29, 0.717) is 4.99 Å². The second-order valence-corrected chi connectivity index (χ2v) is 4.94. The number of thiocarbonyl (C=S) groups is 1. The Kier molecular flexibility index (Phi) is 3.84. The summed E-state index contributed by atoms with van der Waals surface area (Å²) < 4.78 is 3.66. The van der Waals surface area contributed by atoms with Crippen LogP contribution in [0.15, 0.2) is 12.4 Å². The minimum atomic E-state index is 0.364. The van der Waals surface area contributed by atoms with Gasteiger partial charge in [-0.1, -0.05) is 12.2 Å². The van der Waals surface area contributed by atoms with Crippen LogP contribution in [0.1, 0.15) is 16.8 Å². The number of aryl methyl sites for hydroxylation is 3. The van der Waals surface area contributed by atoms with E-state index in [-0.39, 0.29) is 0 Å². The molecule has 2 heterocycles. The molecule has 102 valence electrons. The van der Waals surface area contributed by atoms with E-state index < -0.39 is 0 Å². The first kappa shape index (κ1) is 13.5. The Morgan fingerprint density at radius 2 is 2.21 bits per heavy atom. The number of nitrogens with two attached hydrogens (primary N) is 1. The molecule has 0 bridgehead atoms. The zero-order valence-corrected chi connectivity index (χ0v) is 12.2. The number of aromatic nitrogens is 4. The first-order valence-electron chi connectivity index (χ1n) is 6.05. The van der Waals surface area contributed by atoms with E-state index in [1.807, 2.05) is 38.0 Å². The van der Waals surface area contributed by atoms with Crippen molar-refractivity contribution in [1.29, 1.82) is 0 Å². The first-order valence-corrected chi connectivity index (χ1v) is 6.46. The minimum Gasteiger partial charge on any atom is -0.389 e. The van der Waals surface area contributed by atoms with E-state index in [0.717, 1.165) is 35.7 Å². The fourth-order valence-electron chi connectivity index (χ4n) is 2.03. The molecule has 0 spiro atoms. The molecule has 0 radical (unpaired) electrons. The standard InChI is InChI=1S/C12H18N6S/c1-8-6-15-18(7-8)5-4-14-12-10(11(13)19)9(2)16-17(12)3/h6-7,14H,4-5H2,1-3H3,(H2,13,19). The van der Waals surface area contributed by atoms with E-state index in [4.69, 9.17) is 18.0 Å². The van der Waals surface area contributed by atoms with Crippen molar-refractivity contribution in [3.8, 4) is 0 Å². The van der Waals surface area contributed by atoms with Crippen molar-refractivity contribution in [3.05, 3.63) is 29.2 Å². The Bertz CT molecular complexity index is 597. The lowest BCUT2D eigenvalue weighted by molar-refractivity contribution is 0.633. The Labute approximate surface area is 117 Å². The normalized spacial score (nSPS) is 10.7. The van der Waals surface area contributed by atoms with Crippen LogP contribution in [-0.4, -0.2) is 31.1 Å². The summed E-state index contributed by atoms with van der Waals surface area (Å²) in [6.45, 7) is 5.42. The highest BCUT2D eigenvalue weighted by Crippen LogP contribution is 2.18. The average molecular weight is 278 g/mol. The van der Waals surface area contributed by atoms with Gasteiger partial charge in [-0.15, -0.1) is 0 Å². The summed E-state index contributed by atoms with van der Waals surface area (Å²) in [4.78, 5) is 0.364. The molecule has 0 aromatic carbocycles. The third-order valence-electron chi connectivity index (χ3n) is 2.86. The molecule has 0 atom stereocenters. The molecule has 0 aliphatic rings. The first-order chi connectivity index (χ1) is 8.99. The van der Waals surface area contributed by atoms with Gasteiger partial charge in [0.1, 0.15) is 10.8 Å². The highest BCUT2D eigenvalue weighted by Gasteiger charge is 2.14. The van der Waals surface area contributed by atoms with E-state index in [9.17, 15) is 0 Å². The summed E-state index contributed by atoms with van der Waals surface area (Å²) in [6, 6.07) is 0. The summed E-state index contributed by atoms with van der Waals surface area (Å²) in [7, 11) is 1.87. The van der Waals surface area contributed by atoms with Gasteiger partial charge in [-0.05, 0) is 19.4 Å². The summed E-state index contributed by atoms with van der Waals surface area (Å²) in [5.41, 5.74) is 8.54. The smallest absolute Gasteiger partial charge is 0.134 e. The van der Waals surface area contributed by atoms with Crippen molar-refractivity contribution in [2.75, 3.05) is 11.9 Å². The van der Waals surface area contributed by atoms with Crippen LogP contribution < -0.4 is 11.1 Å². The minimum absolute atomic E-state index is 0.364. The van der Waals surface area contributed by atoms with Crippen LogP contribution >= 0.6 is 12.2 Å². The fourth-order valence-corrected chi connectivity index (χ4v) is 2.28. The van der Waals surface area contributed by atoms with E-state index in [1.54, 1.807) is 4.68 Å². The van der Waals surface area contributed by atoms with Gasteiger partial charge in [0, 0.05) is 19.8 Å². The van der Waals surface area contributed by atoms with Crippen molar-refractivity contribution >= 4 is 23.0 Å². The van der Waals surface area contributed by atoms with Crippen LogP contribution in [0, 0.1) is 13.8 Å². The van der Waals surface area contributed by atoms with Gasteiger partial charge in [0.25, 0.3) is 0 Å². The van der Waals surface area contributed by atoms with Crippen LogP contribution in [0.25, 0.3) is 0 Å².